The van der Waals surface area contributed by atoms with Crippen LogP contribution >= 0.6 is 11.6 Å². The number of furan rings is 1. The second kappa shape index (κ2) is 9.26. The summed E-state index contributed by atoms with van der Waals surface area (Å²) in [5, 5.41) is 1.82. The highest BCUT2D eigenvalue weighted by Gasteiger charge is 2.44. The van der Waals surface area contributed by atoms with Crippen molar-refractivity contribution in [1.29, 1.82) is 0 Å². The SMILES string of the molecule is O=C(N1CCOCC(Cc2cccc3occc23)C1)C1(c2ccc(Cl)cc2)CCOCC1. The molecule has 0 spiro atoms. The lowest BCUT2D eigenvalue weighted by Gasteiger charge is -2.40. The van der Waals surface area contributed by atoms with Gasteiger partial charge in [0.2, 0.25) is 5.91 Å². The minimum atomic E-state index is -0.567. The highest BCUT2D eigenvalue weighted by atomic mass is 35.5. The molecular weight excluding hydrogens is 426 g/mol. The largest absolute Gasteiger partial charge is 0.464 e. The van der Waals surface area contributed by atoms with Gasteiger partial charge in [-0.05, 0) is 54.7 Å². The lowest BCUT2D eigenvalue weighted by Crippen LogP contribution is -2.51. The molecule has 2 aliphatic heterocycles. The van der Waals surface area contributed by atoms with E-state index in [1.54, 1.807) is 6.26 Å². The highest BCUT2D eigenvalue weighted by molar-refractivity contribution is 6.30. The number of ether oxygens (including phenoxy) is 2. The van der Waals surface area contributed by atoms with Gasteiger partial charge in [-0.25, -0.2) is 0 Å². The van der Waals surface area contributed by atoms with Gasteiger partial charge < -0.3 is 18.8 Å². The molecule has 3 heterocycles. The van der Waals surface area contributed by atoms with E-state index >= 15 is 0 Å². The molecule has 1 unspecified atom stereocenters. The van der Waals surface area contributed by atoms with Crippen molar-refractivity contribution < 1.29 is 18.7 Å². The Kier molecular flexibility index (Phi) is 6.22. The van der Waals surface area contributed by atoms with Crippen molar-refractivity contribution in [3.8, 4) is 0 Å². The fourth-order valence-electron chi connectivity index (χ4n) is 5.15. The fraction of sp³-hybridized carbons (Fsp3) is 0.423. The van der Waals surface area contributed by atoms with Crippen LogP contribution in [0.4, 0.5) is 0 Å². The molecule has 2 aliphatic rings. The first-order valence-corrected chi connectivity index (χ1v) is 11.7. The second-order valence-corrected chi connectivity index (χ2v) is 9.28. The number of carbonyl (C=O) groups excluding carboxylic acids is 1. The van der Waals surface area contributed by atoms with Crippen LogP contribution < -0.4 is 0 Å². The van der Waals surface area contributed by atoms with E-state index in [-0.39, 0.29) is 11.8 Å². The van der Waals surface area contributed by atoms with Crippen LogP contribution in [0.2, 0.25) is 5.02 Å². The van der Waals surface area contributed by atoms with Crippen molar-refractivity contribution in [1.82, 2.24) is 4.90 Å². The molecule has 0 bridgehead atoms. The molecule has 2 fully saturated rings. The summed E-state index contributed by atoms with van der Waals surface area (Å²) in [5.41, 5.74) is 2.59. The number of hydrogen-bond acceptors (Lipinski definition) is 4. The van der Waals surface area contributed by atoms with Crippen molar-refractivity contribution in [2.45, 2.75) is 24.7 Å². The Morgan fingerprint density at radius 1 is 1.03 bits per heavy atom. The zero-order chi connectivity index (χ0) is 22.0. The van der Waals surface area contributed by atoms with E-state index in [1.165, 1.54) is 5.56 Å². The highest BCUT2D eigenvalue weighted by Crippen LogP contribution is 2.38. The Bertz CT molecular complexity index is 1070. The zero-order valence-electron chi connectivity index (χ0n) is 18.1. The van der Waals surface area contributed by atoms with E-state index < -0.39 is 5.41 Å². The standard InChI is InChI=1S/C26H28ClNO4/c27-22-6-4-21(5-7-22)26(9-13-30-14-10-26)25(29)28-11-15-31-18-19(17-28)16-20-2-1-3-24-23(20)8-12-32-24/h1-8,12,19H,9-11,13-18H2. The monoisotopic (exact) mass is 453 g/mol. The maximum Gasteiger partial charge on any atom is 0.233 e. The molecule has 6 heteroatoms. The summed E-state index contributed by atoms with van der Waals surface area (Å²) in [6.07, 6.45) is 3.94. The molecule has 5 rings (SSSR count). The molecule has 0 aliphatic carbocycles. The normalized spacial score (nSPS) is 21.4. The smallest absolute Gasteiger partial charge is 0.233 e. The number of carbonyl (C=O) groups is 1. The molecular formula is C26H28ClNO4. The summed E-state index contributed by atoms with van der Waals surface area (Å²) in [7, 11) is 0. The third-order valence-corrected chi connectivity index (χ3v) is 7.12. The molecule has 2 saturated heterocycles. The van der Waals surface area contributed by atoms with Crippen molar-refractivity contribution >= 4 is 28.5 Å². The minimum absolute atomic E-state index is 0.181. The van der Waals surface area contributed by atoms with Gasteiger partial charge >= 0.3 is 0 Å². The zero-order valence-corrected chi connectivity index (χ0v) is 18.9. The number of amides is 1. The first-order valence-electron chi connectivity index (χ1n) is 11.3. The van der Waals surface area contributed by atoms with E-state index in [0.717, 1.165) is 23.0 Å². The van der Waals surface area contributed by atoms with E-state index in [1.807, 2.05) is 47.4 Å². The topological polar surface area (TPSA) is 51.9 Å². The maximum absolute atomic E-state index is 14.0. The van der Waals surface area contributed by atoms with Gasteiger partial charge in [0, 0.05) is 42.6 Å². The number of halogens is 1. The van der Waals surface area contributed by atoms with Crippen molar-refractivity contribution in [3.63, 3.8) is 0 Å². The van der Waals surface area contributed by atoms with Crippen LogP contribution in [0.5, 0.6) is 0 Å². The molecule has 5 nitrogen and oxygen atoms in total. The summed E-state index contributed by atoms with van der Waals surface area (Å²) in [5.74, 6) is 0.407. The predicted octanol–water partition coefficient (Wildman–Crippen LogP) is 4.85. The Hall–Kier alpha value is -2.34. The van der Waals surface area contributed by atoms with Crippen LogP contribution in [0, 0.1) is 5.92 Å². The van der Waals surface area contributed by atoms with E-state index in [2.05, 4.69) is 6.07 Å². The minimum Gasteiger partial charge on any atom is -0.464 e. The molecule has 1 atom stereocenters. The Morgan fingerprint density at radius 2 is 1.84 bits per heavy atom. The lowest BCUT2D eigenvalue weighted by atomic mass is 9.73. The van der Waals surface area contributed by atoms with E-state index in [4.69, 9.17) is 25.5 Å². The fourth-order valence-corrected chi connectivity index (χ4v) is 5.28. The van der Waals surface area contributed by atoms with Crippen LogP contribution in [-0.4, -0.2) is 50.3 Å². The molecule has 168 valence electrons. The average molecular weight is 454 g/mol. The molecule has 2 aromatic carbocycles. The molecule has 32 heavy (non-hydrogen) atoms. The number of rotatable bonds is 4. The van der Waals surface area contributed by atoms with Crippen molar-refractivity contribution in [2.24, 2.45) is 5.92 Å². The molecule has 0 radical (unpaired) electrons. The quantitative estimate of drug-likeness (QED) is 0.566. The van der Waals surface area contributed by atoms with Gasteiger partial charge in [0.05, 0.1) is 24.9 Å². The third-order valence-electron chi connectivity index (χ3n) is 6.87. The average Bonchev–Trinajstić information content (AvgIpc) is 3.19. The number of benzene rings is 2. The number of hydrogen-bond donors (Lipinski definition) is 0. The van der Waals surface area contributed by atoms with Crippen LogP contribution in [0.15, 0.2) is 59.2 Å². The summed E-state index contributed by atoms with van der Waals surface area (Å²) >= 11 is 6.13. The van der Waals surface area contributed by atoms with Crippen LogP contribution in [0.25, 0.3) is 11.0 Å². The van der Waals surface area contributed by atoms with Crippen LogP contribution in [0.1, 0.15) is 24.0 Å². The summed E-state index contributed by atoms with van der Waals surface area (Å²) in [6.45, 7) is 3.68. The van der Waals surface area contributed by atoms with Gasteiger partial charge in [0.15, 0.2) is 0 Å². The van der Waals surface area contributed by atoms with Gasteiger partial charge in [0.25, 0.3) is 0 Å². The number of nitrogens with zero attached hydrogens (tertiary/aromatic N) is 1. The first-order chi connectivity index (χ1) is 15.7. The van der Waals surface area contributed by atoms with Crippen LogP contribution in [-0.2, 0) is 26.1 Å². The molecule has 1 amide bonds. The molecule has 0 saturated carbocycles. The van der Waals surface area contributed by atoms with Gasteiger partial charge in [-0.2, -0.15) is 0 Å². The second-order valence-electron chi connectivity index (χ2n) is 8.85. The predicted molar refractivity (Wildman–Crippen MR) is 124 cm³/mol. The Balaban J connectivity index is 1.40. The van der Waals surface area contributed by atoms with Crippen molar-refractivity contribution in [3.05, 3.63) is 70.9 Å². The number of fused-ring (bicyclic) bond motifs is 1. The van der Waals surface area contributed by atoms with E-state index in [9.17, 15) is 4.79 Å². The maximum atomic E-state index is 14.0. The Morgan fingerprint density at radius 3 is 2.66 bits per heavy atom. The molecule has 3 aromatic rings. The van der Waals surface area contributed by atoms with Gasteiger partial charge in [0.1, 0.15) is 5.58 Å². The first kappa shape index (κ1) is 21.5. The van der Waals surface area contributed by atoms with E-state index in [0.29, 0.717) is 57.4 Å². The summed E-state index contributed by atoms with van der Waals surface area (Å²) in [4.78, 5) is 16.1. The Labute approximate surface area is 193 Å². The lowest BCUT2D eigenvalue weighted by molar-refractivity contribution is -0.141. The van der Waals surface area contributed by atoms with Gasteiger partial charge in [-0.15, -0.1) is 0 Å². The van der Waals surface area contributed by atoms with Gasteiger partial charge in [-0.1, -0.05) is 35.9 Å². The summed E-state index contributed by atoms with van der Waals surface area (Å²) < 4.78 is 17.1. The molecule has 1 aromatic heterocycles. The summed E-state index contributed by atoms with van der Waals surface area (Å²) in [6, 6.07) is 15.9. The third kappa shape index (κ3) is 4.17. The van der Waals surface area contributed by atoms with Crippen LogP contribution in [0.3, 0.4) is 0 Å². The van der Waals surface area contributed by atoms with Gasteiger partial charge in [-0.3, -0.25) is 4.79 Å². The van der Waals surface area contributed by atoms with Crippen molar-refractivity contribution in [2.75, 3.05) is 39.5 Å². The molecule has 0 N–H and O–H groups in total.